The van der Waals surface area contributed by atoms with Crippen LogP contribution in [0.4, 0.5) is 5.69 Å². The number of rotatable bonds is 5. The lowest BCUT2D eigenvalue weighted by Crippen LogP contribution is -2.53. The van der Waals surface area contributed by atoms with Crippen LogP contribution in [0.25, 0.3) is 33.8 Å². The van der Waals surface area contributed by atoms with Gasteiger partial charge in [0.05, 0.1) is 11.3 Å². The van der Waals surface area contributed by atoms with Gasteiger partial charge in [-0.15, -0.1) is 0 Å². The molecule has 40 heavy (non-hydrogen) atoms. The highest BCUT2D eigenvalue weighted by molar-refractivity contribution is 6.11. The molecule has 3 aliphatic rings. The van der Waals surface area contributed by atoms with E-state index in [1.807, 2.05) is 47.3 Å². The number of nitrogens with zero attached hydrogens (tertiary/aromatic N) is 8. The van der Waals surface area contributed by atoms with Gasteiger partial charge in [0.1, 0.15) is 34.7 Å². The minimum atomic E-state index is -0.964. The van der Waals surface area contributed by atoms with Gasteiger partial charge in [0, 0.05) is 48.6 Å². The number of fused-ring (bicyclic) bond motifs is 3. The van der Waals surface area contributed by atoms with Gasteiger partial charge in [0.2, 0.25) is 5.91 Å². The summed E-state index contributed by atoms with van der Waals surface area (Å²) in [6.45, 7) is 9.23. The average molecular weight is 537 g/mol. The van der Waals surface area contributed by atoms with Crippen LogP contribution in [-0.4, -0.2) is 58.8 Å². The highest BCUT2D eigenvalue weighted by Crippen LogP contribution is 2.53. The van der Waals surface area contributed by atoms with Crippen molar-refractivity contribution in [2.75, 3.05) is 11.4 Å². The van der Waals surface area contributed by atoms with Gasteiger partial charge in [-0.2, -0.15) is 0 Å². The van der Waals surface area contributed by atoms with E-state index in [-0.39, 0.29) is 23.8 Å². The van der Waals surface area contributed by atoms with Crippen LogP contribution in [0.1, 0.15) is 57.8 Å². The van der Waals surface area contributed by atoms with Gasteiger partial charge in [0.15, 0.2) is 5.65 Å². The van der Waals surface area contributed by atoms with E-state index in [2.05, 4.69) is 32.9 Å². The molecule has 1 saturated carbocycles. The number of hydrogen-bond donors (Lipinski definition) is 0. The van der Waals surface area contributed by atoms with E-state index in [9.17, 15) is 9.59 Å². The maximum absolute atomic E-state index is 14.2. The Labute approximate surface area is 232 Å². The van der Waals surface area contributed by atoms with Gasteiger partial charge in [0.25, 0.3) is 5.91 Å². The molecule has 10 heteroatoms. The first-order valence-electron chi connectivity index (χ1n) is 14.2. The van der Waals surface area contributed by atoms with E-state index in [4.69, 9.17) is 4.98 Å². The summed E-state index contributed by atoms with van der Waals surface area (Å²) in [5.74, 6) is 1.59. The minimum absolute atomic E-state index is 0.00547. The SMILES string of the molecule is CCn1c(-c2cnc(C)nc2)nc2c(-c3ccc4c(c3)[C@]3(CCCN3C(=O)C3CC3)C(=O)N4C(C)C)ncnc21. The summed E-state index contributed by atoms with van der Waals surface area (Å²) in [5, 5.41) is 0. The van der Waals surface area contributed by atoms with Crippen LogP contribution in [0.15, 0.2) is 36.9 Å². The third kappa shape index (κ3) is 3.44. The third-order valence-corrected chi connectivity index (χ3v) is 8.53. The fraction of sp³-hybridized carbons (Fsp3) is 0.433. The number of likely N-dealkylation sites (tertiary alicyclic amines) is 1. The zero-order valence-electron chi connectivity index (χ0n) is 23.3. The van der Waals surface area contributed by atoms with Crippen LogP contribution in [0.5, 0.6) is 0 Å². The van der Waals surface area contributed by atoms with E-state index < -0.39 is 5.54 Å². The first-order chi connectivity index (χ1) is 19.3. The number of anilines is 1. The van der Waals surface area contributed by atoms with E-state index >= 15 is 0 Å². The molecule has 2 fully saturated rings. The molecule has 204 valence electrons. The molecule has 2 aliphatic heterocycles. The Morgan fingerprint density at radius 2 is 1.88 bits per heavy atom. The van der Waals surface area contributed by atoms with Crippen LogP contribution in [-0.2, 0) is 21.7 Å². The molecular formula is C30H32N8O2. The lowest BCUT2D eigenvalue weighted by atomic mass is 9.86. The molecule has 1 aliphatic carbocycles. The lowest BCUT2D eigenvalue weighted by molar-refractivity contribution is -0.144. The Bertz CT molecular complexity index is 1670. The number of hydrogen-bond acceptors (Lipinski definition) is 7. The van der Waals surface area contributed by atoms with Crippen molar-refractivity contribution in [1.29, 1.82) is 0 Å². The van der Waals surface area contributed by atoms with Crippen LogP contribution < -0.4 is 4.90 Å². The van der Waals surface area contributed by atoms with Crippen molar-refractivity contribution in [1.82, 2.24) is 34.4 Å². The summed E-state index contributed by atoms with van der Waals surface area (Å²) in [5.41, 5.74) is 4.56. The molecule has 1 spiro atoms. The molecule has 0 bridgehead atoms. The van der Waals surface area contributed by atoms with Crippen molar-refractivity contribution in [3.63, 3.8) is 0 Å². The fourth-order valence-electron chi connectivity index (χ4n) is 6.51. The molecule has 4 aromatic rings. The Balaban J connectivity index is 1.41. The highest BCUT2D eigenvalue weighted by Gasteiger charge is 2.60. The summed E-state index contributed by atoms with van der Waals surface area (Å²) in [6.07, 6.45) is 8.38. The zero-order chi connectivity index (χ0) is 27.8. The van der Waals surface area contributed by atoms with Crippen molar-refractivity contribution < 1.29 is 9.59 Å². The van der Waals surface area contributed by atoms with E-state index in [0.717, 1.165) is 53.1 Å². The topological polar surface area (TPSA) is 110 Å². The molecule has 1 atom stereocenters. The zero-order valence-corrected chi connectivity index (χ0v) is 23.3. The maximum Gasteiger partial charge on any atom is 0.257 e. The molecule has 7 rings (SSSR count). The first-order valence-corrected chi connectivity index (χ1v) is 14.2. The number of benzene rings is 1. The Kier molecular flexibility index (Phi) is 5.52. The van der Waals surface area contributed by atoms with E-state index in [0.29, 0.717) is 36.5 Å². The summed E-state index contributed by atoms with van der Waals surface area (Å²) >= 11 is 0. The minimum Gasteiger partial charge on any atom is -0.324 e. The second kappa shape index (κ2) is 8.90. The van der Waals surface area contributed by atoms with Gasteiger partial charge in [-0.25, -0.2) is 24.9 Å². The summed E-state index contributed by atoms with van der Waals surface area (Å²) in [6, 6.07) is 6.05. The largest absolute Gasteiger partial charge is 0.324 e. The molecule has 0 radical (unpaired) electrons. The number of carbonyl (C=O) groups is 2. The standard InChI is InChI=1S/C30H32N8O2/c1-5-36-26(21-14-31-18(4)32-15-21)35-25-24(33-16-34-27(25)36)20-9-10-23-22(13-20)30(29(40)38(23)17(2)3)11-6-12-37(30)28(39)19-7-8-19/h9-10,13-17,19H,5-8,11-12H2,1-4H3/t30-/m1/s1. The quantitative estimate of drug-likeness (QED) is 0.375. The van der Waals surface area contributed by atoms with E-state index in [1.54, 1.807) is 18.7 Å². The van der Waals surface area contributed by atoms with Crippen LogP contribution in [0.3, 0.4) is 0 Å². The van der Waals surface area contributed by atoms with Gasteiger partial charge < -0.3 is 14.4 Å². The monoisotopic (exact) mass is 536 g/mol. The summed E-state index contributed by atoms with van der Waals surface area (Å²) in [7, 11) is 0. The molecule has 5 heterocycles. The molecule has 2 amide bonds. The van der Waals surface area contributed by atoms with Gasteiger partial charge >= 0.3 is 0 Å². The normalized spacial score (nSPS) is 20.4. The third-order valence-electron chi connectivity index (χ3n) is 8.53. The predicted molar refractivity (Wildman–Crippen MR) is 150 cm³/mol. The maximum atomic E-state index is 14.2. The number of carbonyl (C=O) groups excluding carboxylic acids is 2. The van der Waals surface area contributed by atoms with Gasteiger partial charge in [-0.05, 0) is 65.5 Å². The van der Waals surface area contributed by atoms with Crippen LogP contribution in [0, 0.1) is 12.8 Å². The van der Waals surface area contributed by atoms with Crippen molar-refractivity contribution in [3.8, 4) is 22.6 Å². The molecule has 0 unspecified atom stereocenters. The Morgan fingerprint density at radius 3 is 2.58 bits per heavy atom. The van der Waals surface area contributed by atoms with Crippen molar-refractivity contribution >= 4 is 28.7 Å². The fourth-order valence-corrected chi connectivity index (χ4v) is 6.51. The van der Waals surface area contributed by atoms with Gasteiger partial charge in [-0.3, -0.25) is 9.59 Å². The molecule has 1 saturated heterocycles. The molecule has 3 aromatic heterocycles. The van der Waals surface area contributed by atoms with E-state index in [1.165, 1.54) is 0 Å². The Morgan fingerprint density at radius 1 is 1.10 bits per heavy atom. The predicted octanol–water partition coefficient (Wildman–Crippen LogP) is 4.26. The summed E-state index contributed by atoms with van der Waals surface area (Å²) < 4.78 is 2.04. The van der Waals surface area contributed by atoms with Crippen molar-refractivity contribution in [2.24, 2.45) is 5.92 Å². The van der Waals surface area contributed by atoms with Crippen LogP contribution in [0.2, 0.25) is 0 Å². The average Bonchev–Trinajstić information content (AvgIpc) is 3.52. The van der Waals surface area contributed by atoms with Crippen molar-refractivity contribution in [3.05, 3.63) is 48.3 Å². The molecule has 1 aromatic carbocycles. The lowest BCUT2D eigenvalue weighted by Gasteiger charge is -2.35. The number of amides is 2. The van der Waals surface area contributed by atoms with Crippen molar-refractivity contribution in [2.45, 2.75) is 71.5 Å². The van der Waals surface area contributed by atoms with Crippen LogP contribution >= 0.6 is 0 Å². The highest BCUT2D eigenvalue weighted by atomic mass is 16.2. The second-order valence-electron chi connectivity index (χ2n) is 11.3. The molecule has 10 nitrogen and oxygen atoms in total. The molecular weight excluding hydrogens is 504 g/mol. The number of aryl methyl sites for hydroxylation is 2. The Hall–Kier alpha value is -4.21. The number of aromatic nitrogens is 6. The first kappa shape index (κ1) is 24.8. The second-order valence-corrected chi connectivity index (χ2v) is 11.3. The summed E-state index contributed by atoms with van der Waals surface area (Å²) in [4.78, 5) is 54.4. The number of imidazole rings is 1. The van der Waals surface area contributed by atoms with Gasteiger partial charge in [-0.1, -0.05) is 6.07 Å². The smallest absolute Gasteiger partial charge is 0.257 e. The molecule has 0 N–H and O–H groups in total.